The number of carbonyl (C=O) groups excluding carboxylic acids is 3. The van der Waals surface area contributed by atoms with Crippen LogP contribution in [0.3, 0.4) is 0 Å². The van der Waals surface area contributed by atoms with Crippen molar-refractivity contribution < 1.29 is 41.1 Å². The van der Waals surface area contributed by atoms with Gasteiger partial charge in [-0.25, -0.2) is 22.2 Å². The maximum Gasteiger partial charge on any atom is 0.259 e. The van der Waals surface area contributed by atoms with Crippen molar-refractivity contribution in [1.82, 2.24) is 25.2 Å². The number of nitrogens with zero attached hydrogens (tertiary/aromatic N) is 3. The number of halogens is 3. The van der Waals surface area contributed by atoms with E-state index in [1.54, 1.807) is 18.2 Å². The summed E-state index contributed by atoms with van der Waals surface area (Å²) < 4.78 is 67.9. The Morgan fingerprint density at radius 2 is 1.89 bits per heavy atom. The summed E-state index contributed by atoms with van der Waals surface area (Å²) in [7, 11) is -2.42. The van der Waals surface area contributed by atoms with Gasteiger partial charge in [-0.05, 0) is 48.9 Å². The molecular formula is C39H43ClF2N6O7S2. The van der Waals surface area contributed by atoms with Gasteiger partial charge in [0.1, 0.15) is 41.1 Å². The molecule has 0 bridgehead atoms. The molecule has 1 unspecified atom stereocenters. The third-order valence-electron chi connectivity index (χ3n) is 10.7. The molecule has 57 heavy (non-hydrogen) atoms. The van der Waals surface area contributed by atoms with Crippen molar-refractivity contribution >= 4 is 67.0 Å². The van der Waals surface area contributed by atoms with Crippen molar-refractivity contribution in [1.29, 1.82) is 0 Å². The largest absolute Gasteiger partial charge is 0.494 e. The molecule has 7 rings (SSSR count). The Labute approximate surface area is 338 Å². The van der Waals surface area contributed by atoms with E-state index in [-0.39, 0.29) is 30.8 Å². The van der Waals surface area contributed by atoms with Gasteiger partial charge in [0.25, 0.3) is 5.91 Å². The van der Waals surface area contributed by atoms with Crippen LogP contribution in [0.15, 0.2) is 60.2 Å². The van der Waals surface area contributed by atoms with Gasteiger partial charge in [0, 0.05) is 45.5 Å². The lowest BCUT2D eigenvalue weighted by Crippen LogP contribution is -2.60. The number of amidine groups is 1. The lowest BCUT2D eigenvalue weighted by molar-refractivity contribution is -0.142. The number of methoxy groups -OCH3 is 1. The van der Waals surface area contributed by atoms with Crippen LogP contribution >= 0.6 is 23.4 Å². The Hall–Kier alpha value is -4.48. The van der Waals surface area contributed by atoms with Crippen LogP contribution in [0.1, 0.15) is 58.1 Å². The monoisotopic (exact) mass is 844 g/mol. The van der Waals surface area contributed by atoms with Crippen molar-refractivity contribution in [2.75, 3.05) is 19.4 Å². The van der Waals surface area contributed by atoms with Crippen LogP contribution in [0, 0.1) is 23.0 Å². The number of aromatic nitrogens is 1. The molecule has 2 aliphatic heterocycles. The van der Waals surface area contributed by atoms with Crippen LogP contribution in [-0.2, 0) is 24.4 Å². The number of thioether (sulfide) groups is 1. The average molecular weight is 845 g/mol. The van der Waals surface area contributed by atoms with E-state index in [4.69, 9.17) is 21.1 Å². The second-order valence-corrected chi connectivity index (χ2v) is 19.3. The van der Waals surface area contributed by atoms with Crippen LogP contribution in [0.25, 0.3) is 10.8 Å². The van der Waals surface area contributed by atoms with Crippen LogP contribution in [0.5, 0.6) is 11.6 Å². The number of hydrogen-bond acceptors (Lipinski definition) is 11. The molecule has 3 aromatic rings. The lowest BCUT2D eigenvalue weighted by atomic mass is 9.85. The molecule has 0 radical (unpaired) electrons. The number of amides is 3. The number of hydrogen-bond donors (Lipinski definition) is 3. The van der Waals surface area contributed by atoms with Gasteiger partial charge in [-0.2, -0.15) is 0 Å². The van der Waals surface area contributed by atoms with Crippen molar-refractivity contribution in [2.24, 2.45) is 16.3 Å². The summed E-state index contributed by atoms with van der Waals surface area (Å²) in [5.74, 6) is -2.96. The molecule has 3 amide bonds. The quantitative estimate of drug-likeness (QED) is 0.210. The smallest absolute Gasteiger partial charge is 0.259 e. The molecule has 1 aromatic heterocycles. The third-order valence-corrected chi connectivity index (χ3v) is 13.8. The number of nitrogens with one attached hydrogen (secondary N) is 3. The summed E-state index contributed by atoms with van der Waals surface area (Å²) in [5.41, 5.74) is -2.12. The van der Waals surface area contributed by atoms with Gasteiger partial charge in [-0.3, -0.25) is 24.1 Å². The van der Waals surface area contributed by atoms with Gasteiger partial charge in [0.15, 0.2) is 5.17 Å². The standard InChI is InChI=1S/C39H43ClF2N6O7S2/c1-6-20-16-39(20,36(51)47-57(52,53)24-9-10-24)46-33(49)30-15-23(55-34-27-13-21(40)7-11-25(27)31(54-5)17-43-34)18-48(30)35(50)32(38(2,3)4)45-37-44-29(19-56-37)26-12-8-22(41)14-28(26)42/h6-8,11-14,17,20,23-24,29-30,32H,1,9-10,15-16,18-19H2,2-5H3,(H,44,45)(H,46,49)(H,47,51)/t20-,23-,29?,30+,32-,39-/m1/s1. The highest BCUT2D eigenvalue weighted by molar-refractivity contribution is 8.14. The third kappa shape index (κ3) is 8.28. The van der Waals surface area contributed by atoms with Crippen molar-refractivity contribution in [3.8, 4) is 11.6 Å². The fourth-order valence-electron chi connectivity index (χ4n) is 7.30. The van der Waals surface area contributed by atoms with E-state index >= 15 is 0 Å². The van der Waals surface area contributed by atoms with Gasteiger partial charge < -0.3 is 25.0 Å². The van der Waals surface area contributed by atoms with Gasteiger partial charge in [0.05, 0.1) is 31.1 Å². The molecule has 2 aromatic carbocycles. The summed E-state index contributed by atoms with van der Waals surface area (Å²) in [6.07, 6.45) is 3.21. The molecule has 13 nitrogen and oxygen atoms in total. The number of pyridine rings is 1. The molecule has 2 saturated carbocycles. The predicted octanol–water partition coefficient (Wildman–Crippen LogP) is 5.04. The molecule has 18 heteroatoms. The number of sulfonamides is 1. The minimum Gasteiger partial charge on any atom is -0.494 e. The summed E-state index contributed by atoms with van der Waals surface area (Å²) in [6.45, 7) is 9.24. The Balaban J connectivity index is 1.18. The van der Waals surface area contributed by atoms with Crippen LogP contribution in [0.2, 0.25) is 5.02 Å². The summed E-state index contributed by atoms with van der Waals surface area (Å²) in [4.78, 5) is 53.3. The molecule has 2 aliphatic carbocycles. The van der Waals surface area contributed by atoms with Crippen LogP contribution < -0.4 is 24.8 Å². The summed E-state index contributed by atoms with van der Waals surface area (Å²) in [6, 6.07) is 5.71. The van der Waals surface area contributed by atoms with E-state index in [2.05, 4.69) is 31.9 Å². The second-order valence-electron chi connectivity index (χ2n) is 15.9. The number of aliphatic imine (C=N–C) groups is 1. The lowest BCUT2D eigenvalue weighted by Gasteiger charge is -2.36. The van der Waals surface area contributed by atoms with Crippen LogP contribution in [0.4, 0.5) is 8.78 Å². The molecule has 3 N–H and O–H groups in total. The maximum atomic E-state index is 14.8. The molecule has 1 saturated heterocycles. The molecule has 3 heterocycles. The fraction of sp³-hybridized carbons (Fsp3) is 0.462. The normalized spacial score (nSPS) is 25.0. The first-order chi connectivity index (χ1) is 26.9. The van der Waals surface area contributed by atoms with Crippen LogP contribution in [-0.4, -0.2) is 89.6 Å². The molecule has 3 fully saturated rings. The molecule has 4 aliphatic rings. The first-order valence-corrected chi connectivity index (χ1v) is 21.4. The number of rotatable bonds is 12. The van der Waals surface area contributed by atoms with E-state index in [9.17, 15) is 31.6 Å². The van der Waals surface area contributed by atoms with Crippen molar-refractivity contribution in [2.45, 2.75) is 81.5 Å². The highest BCUT2D eigenvalue weighted by Gasteiger charge is 2.62. The Kier molecular flexibility index (Phi) is 11.0. The van der Waals surface area contributed by atoms with Gasteiger partial charge in [0.2, 0.25) is 27.7 Å². The van der Waals surface area contributed by atoms with Gasteiger partial charge in [-0.1, -0.05) is 56.3 Å². The Morgan fingerprint density at radius 1 is 1.14 bits per heavy atom. The highest BCUT2D eigenvalue weighted by Crippen LogP contribution is 2.46. The number of ether oxygens (including phenoxy) is 2. The summed E-state index contributed by atoms with van der Waals surface area (Å²) in [5, 5.41) is 7.39. The minimum atomic E-state index is -3.93. The topological polar surface area (TPSA) is 168 Å². The molecule has 0 spiro atoms. The molecule has 304 valence electrons. The minimum absolute atomic E-state index is 0.0113. The van der Waals surface area contributed by atoms with E-state index in [0.29, 0.717) is 45.3 Å². The number of benzene rings is 2. The zero-order chi connectivity index (χ0) is 41.0. The SMILES string of the molecule is C=C[C@@H]1C[C@]1(NC(=O)[C@@H]1C[C@@H](Oc2ncc(OC)c3ccc(Cl)cc23)CN1C(=O)[C@@H](NC1=NC(c2ccc(F)cc2F)CS1)C(C)(C)C)C(=O)NS(=O)(=O)C1CC1. The highest BCUT2D eigenvalue weighted by atomic mass is 35.5. The van der Waals surface area contributed by atoms with E-state index < -0.39 is 85.7 Å². The Bertz CT molecular complexity index is 2290. The average Bonchev–Trinajstić information content (AvgIpc) is 4.04. The van der Waals surface area contributed by atoms with E-state index in [1.807, 2.05) is 20.8 Å². The zero-order valence-electron chi connectivity index (χ0n) is 31.7. The number of carbonyl (C=O) groups is 3. The predicted molar refractivity (Wildman–Crippen MR) is 212 cm³/mol. The van der Waals surface area contributed by atoms with Gasteiger partial charge >= 0.3 is 0 Å². The number of fused-ring (bicyclic) bond motifs is 1. The Morgan fingerprint density at radius 3 is 2.54 bits per heavy atom. The molecule has 6 atom stereocenters. The van der Waals surface area contributed by atoms with Crippen molar-refractivity contribution in [3.05, 3.63) is 77.5 Å². The number of likely N-dealkylation sites (tertiary alicyclic amines) is 1. The first-order valence-electron chi connectivity index (χ1n) is 18.5. The summed E-state index contributed by atoms with van der Waals surface area (Å²) >= 11 is 7.64. The maximum absolute atomic E-state index is 14.8. The molecular weight excluding hydrogens is 802 g/mol. The van der Waals surface area contributed by atoms with E-state index in [1.165, 1.54) is 48.2 Å². The zero-order valence-corrected chi connectivity index (χ0v) is 34.1. The van der Waals surface area contributed by atoms with E-state index in [0.717, 1.165) is 6.07 Å². The van der Waals surface area contributed by atoms with Gasteiger partial charge in [-0.15, -0.1) is 6.58 Å². The second kappa shape index (κ2) is 15.4. The fourth-order valence-corrected chi connectivity index (χ4v) is 9.80. The van der Waals surface area contributed by atoms with Crippen molar-refractivity contribution in [3.63, 3.8) is 0 Å². The first kappa shape index (κ1) is 40.7.